The number of rotatable bonds is 6. The second kappa shape index (κ2) is 6.29. The first-order chi connectivity index (χ1) is 9.20. The Labute approximate surface area is 112 Å². The monoisotopic (exact) mass is 258 g/mol. The SMILES string of the molecule is Cn1cncc1CC(CO)CC(=O)c1ccccc1. The van der Waals surface area contributed by atoms with Gasteiger partial charge >= 0.3 is 0 Å². The van der Waals surface area contributed by atoms with Crippen molar-refractivity contribution in [1.82, 2.24) is 9.55 Å². The zero-order valence-electron chi connectivity index (χ0n) is 11.0. The molecule has 0 aliphatic rings. The minimum absolute atomic E-state index is 0.00372. The molecule has 0 saturated heterocycles. The largest absolute Gasteiger partial charge is 0.396 e. The van der Waals surface area contributed by atoms with E-state index in [1.54, 1.807) is 24.7 Å². The summed E-state index contributed by atoms with van der Waals surface area (Å²) in [7, 11) is 1.91. The fourth-order valence-corrected chi connectivity index (χ4v) is 2.08. The van der Waals surface area contributed by atoms with E-state index in [1.165, 1.54) is 0 Å². The van der Waals surface area contributed by atoms with Crippen molar-refractivity contribution in [3.63, 3.8) is 0 Å². The molecule has 0 aliphatic heterocycles. The average Bonchev–Trinajstić information content (AvgIpc) is 2.84. The number of ketones is 1. The van der Waals surface area contributed by atoms with Gasteiger partial charge in [-0.3, -0.25) is 4.79 Å². The average molecular weight is 258 g/mol. The number of aromatic nitrogens is 2. The van der Waals surface area contributed by atoms with E-state index in [1.807, 2.05) is 29.8 Å². The van der Waals surface area contributed by atoms with Crippen LogP contribution in [0, 0.1) is 5.92 Å². The number of hydrogen-bond acceptors (Lipinski definition) is 3. The Bertz CT molecular complexity index is 534. The zero-order valence-corrected chi connectivity index (χ0v) is 11.0. The maximum absolute atomic E-state index is 12.1. The molecule has 0 aliphatic carbocycles. The highest BCUT2D eigenvalue weighted by molar-refractivity contribution is 5.96. The van der Waals surface area contributed by atoms with E-state index in [2.05, 4.69) is 4.98 Å². The van der Waals surface area contributed by atoms with Gasteiger partial charge in [-0.2, -0.15) is 0 Å². The number of hydrogen-bond donors (Lipinski definition) is 1. The molecule has 0 saturated carbocycles. The van der Waals surface area contributed by atoms with Crippen molar-refractivity contribution in [2.45, 2.75) is 12.8 Å². The second-order valence-corrected chi connectivity index (χ2v) is 4.74. The van der Waals surface area contributed by atoms with Crippen LogP contribution in [-0.4, -0.2) is 27.0 Å². The summed E-state index contributed by atoms with van der Waals surface area (Å²) in [6, 6.07) is 9.20. The second-order valence-electron chi connectivity index (χ2n) is 4.74. The number of carbonyl (C=O) groups is 1. The van der Waals surface area contributed by atoms with Gasteiger partial charge in [-0.05, 0) is 12.3 Å². The molecule has 2 rings (SSSR count). The van der Waals surface area contributed by atoms with Gasteiger partial charge in [0, 0.05) is 37.5 Å². The lowest BCUT2D eigenvalue weighted by molar-refractivity contribution is 0.0935. The van der Waals surface area contributed by atoms with Gasteiger partial charge in [-0.25, -0.2) is 4.98 Å². The molecule has 0 bridgehead atoms. The van der Waals surface area contributed by atoms with Crippen LogP contribution in [-0.2, 0) is 13.5 Å². The third-order valence-corrected chi connectivity index (χ3v) is 3.24. The minimum Gasteiger partial charge on any atom is -0.396 e. The lowest BCUT2D eigenvalue weighted by Gasteiger charge is -2.13. The number of nitrogens with zero attached hydrogens (tertiary/aromatic N) is 2. The van der Waals surface area contributed by atoms with Crippen molar-refractivity contribution >= 4 is 5.78 Å². The van der Waals surface area contributed by atoms with E-state index in [0.717, 1.165) is 5.69 Å². The molecule has 1 aromatic heterocycles. The highest BCUT2D eigenvalue weighted by Crippen LogP contribution is 2.15. The molecule has 1 unspecified atom stereocenters. The van der Waals surface area contributed by atoms with Crippen molar-refractivity contribution < 1.29 is 9.90 Å². The molecule has 1 atom stereocenters. The first-order valence-electron chi connectivity index (χ1n) is 6.35. The highest BCUT2D eigenvalue weighted by atomic mass is 16.3. The number of aliphatic hydroxyl groups excluding tert-OH is 1. The molecule has 1 N–H and O–H groups in total. The predicted octanol–water partition coefficient (Wildman–Crippen LogP) is 1.84. The van der Waals surface area contributed by atoms with Gasteiger partial charge in [0.1, 0.15) is 0 Å². The third-order valence-electron chi connectivity index (χ3n) is 3.24. The van der Waals surface area contributed by atoms with Crippen molar-refractivity contribution in [3.05, 3.63) is 54.1 Å². The lowest BCUT2D eigenvalue weighted by atomic mass is 9.95. The zero-order chi connectivity index (χ0) is 13.7. The molecule has 0 amide bonds. The number of aliphatic hydroxyl groups is 1. The quantitative estimate of drug-likeness (QED) is 0.804. The van der Waals surface area contributed by atoms with Crippen LogP contribution in [0.1, 0.15) is 22.5 Å². The smallest absolute Gasteiger partial charge is 0.163 e. The first kappa shape index (κ1) is 13.5. The van der Waals surface area contributed by atoms with Crippen LogP contribution in [0.15, 0.2) is 42.9 Å². The van der Waals surface area contributed by atoms with Crippen molar-refractivity contribution in [1.29, 1.82) is 0 Å². The lowest BCUT2D eigenvalue weighted by Crippen LogP contribution is -2.16. The molecule has 1 heterocycles. The summed E-state index contributed by atoms with van der Waals surface area (Å²) in [4.78, 5) is 16.1. The van der Waals surface area contributed by atoms with E-state index >= 15 is 0 Å². The molecular weight excluding hydrogens is 240 g/mol. The van der Waals surface area contributed by atoms with Gasteiger partial charge in [-0.15, -0.1) is 0 Å². The topological polar surface area (TPSA) is 55.1 Å². The van der Waals surface area contributed by atoms with Gasteiger partial charge in [0.05, 0.1) is 6.33 Å². The van der Waals surface area contributed by atoms with Crippen molar-refractivity contribution in [2.75, 3.05) is 6.61 Å². The van der Waals surface area contributed by atoms with E-state index < -0.39 is 0 Å². The number of benzene rings is 1. The van der Waals surface area contributed by atoms with Crippen LogP contribution >= 0.6 is 0 Å². The molecule has 4 nitrogen and oxygen atoms in total. The highest BCUT2D eigenvalue weighted by Gasteiger charge is 2.16. The van der Waals surface area contributed by atoms with Crippen LogP contribution < -0.4 is 0 Å². The minimum atomic E-state index is -0.0666. The summed E-state index contributed by atoms with van der Waals surface area (Å²) in [5.41, 5.74) is 1.73. The van der Waals surface area contributed by atoms with E-state index in [9.17, 15) is 9.90 Å². The standard InChI is InChI=1S/C15H18N2O2/c1-17-11-16-9-14(17)7-12(10-18)8-15(19)13-5-3-2-4-6-13/h2-6,9,11-12,18H,7-8,10H2,1H3. The van der Waals surface area contributed by atoms with Gasteiger partial charge in [0.25, 0.3) is 0 Å². The van der Waals surface area contributed by atoms with Crippen LogP contribution in [0.2, 0.25) is 0 Å². The summed E-state index contributed by atoms with van der Waals surface area (Å²) >= 11 is 0. The maximum atomic E-state index is 12.1. The predicted molar refractivity (Wildman–Crippen MR) is 72.9 cm³/mol. The fraction of sp³-hybridized carbons (Fsp3) is 0.333. The molecule has 4 heteroatoms. The van der Waals surface area contributed by atoms with E-state index in [0.29, 0.717) is 18.4 Å². The molecule has 2 aromatic rings. The molecule has 0 radical (unpaired) electrons. The molecule has 19 heavy (non-hydrogen) atoms. The van der Waals surface area contributed by atoms with Crippen molar-refractivity contribution in [3.8, 4) is 0 Å². The van der Waals surface area contributed by atoms with Crippen LogP contribution in [0.5, 0.6) is 0 Å². The number of Topliss-reactive ketones (excluding diaryl/α,β-unsaturated/α-hetero) is 1. The van der Waals surface area contributed by atoms with Gasteiger partial charge < -0.3 is 9.67 Å². The Morgan fingerprint density at radius 2 is 2.11 bits per heavy atom. The van der Waals surface area contributed by atoms with Crippen LogP contribution in [0.4, 0.5) is 0 Å². The first-order valence-corrected chi connectivity index (χ1v) is 6.35. The Hall–Kier alpha value is -1.94. The fourth-order valence-electron chi connectivity index (χ4n) is 2.08. The Morgan fingerprint density at radius 1 is 1.37 bits per heavy atom. The summed E-state index contributed by atoms with van der Waals surface area (Å²) in [5, 5.41) is 9.43. The number of aryl methyl sites for hydroxylation is 1. The third kappa shape index (κ3) is 3.51. The summed E-state index contributed by atoms with van der Waals surface area (Å²) in [5.74, 6) is 0.00456. The van der Waals surface area contributed by atoms with Crippen LogP contribution in [0.25, 0.3) is 0 Å². The normalized spacial score (nSPS) is 12.3. The summed E-state index contributed by atoms with van der Waals surface area (Å²) in [6.45, 7) is 0.00372. The van der Waals surface area contributed by atoms with Gasteiger partial charge in [0.2, 0.25) is 0 Å². The Balaban J connectivity index is 2.00. The molecule has 0 spiro atoms. The molecule has 0 fully saturated rings. The Kier molecular flexibility index (Phi) is 4.47. The summed E-state index contributed by atoms with van der Waals surface area (Å²) in [6.07, 6.45) is 4.51. The molecule has 100 valence electrons. The maximum Gasteiger partial charge on any atom is 0.163 e. The Morgan fingerprint density at radius 3 is 2.68 bits per heavy atom. The molecule has 1 aromatic carbocycles. The number of carbonyl (C=O) groups excluding carboxylic acids is 1. The van der Waals surface area contributed by atoms with Gasteiger partial charge in [0.15, 0.2) is 5.78 Å². The number of imidazole rings is 1. The van der Waals surface area contributed by atoms with Gasteiger partial charge in [-0.1, -0.05) is 30.3 Å². The van der Waals surface area contributed by atoms with Crippen LogP contribution in [0.3, 0.4) is 0 Å². The van der Waals surface area contributed by atoms with E-state index in [-0.39, 0.29) is 18.3 Å². The summed E-state index contributed by atoms with van der Waals surface area (Å²) < 4.78 is 1.91. The van der Waals surface area contributed by atoms with E-state index in [4.69, 9.17) is 0 Å². The van der Waals surface area contributed by atoms with Crippen molar-refractivity contribution in [2.24, 2.45) is 13.0 Å². The molecular formula is C15H18N2O2.